The lowest BCUT2D eigenvalue weighted by atomic mass is 9.92. The highest BCUT2D eigenvalue weighted by Gasteiger charge is 2.36. The van der Waals surface area contributed by atoms with E-state index in [0.29, 0.717) is 24.0 Å². The summed E-state index contributed by atoms with van der Waals surface area (Å²) in [7, 11) is 1.57. The summed E-state index contributed by atoms with van der Waals surface area (Å²) >= 11 is 0. The minimum atomic E-state index is -2.61. The lowest BCUT2D eigenvalue weighted by Crippen LogP contribution is -2.44. The second-order valence-corrected chi connectivity index (χ2v) is 6.79. The van der Waals surface area contributed by atoms with E-state index in [0.717, 1.165) is 25.9 Å². The summed E-state index contributed by atoms with van der Waals surface area (Å²) in [5.41, 5.74) is 0. The van der Waals surface area contributed by atoms with Crippen molar-refractivity contribution in [2.45, 2.75) is 38.0 Å². The third-order valence-electron chi connectivity index (χ3n) is 5.06. The molecule has 6 nitrogen and oxygen atoms in total. The molecule has 2 aliphatic rings. The first kappa shape index (κ1) is 17.8. The fourth-order valence-electron chi connectivity index (χ4n) is 3.37. The summed E-state index contributed by atoms with van der Waals surface area (Å²) in [4.78, 5) is 24.6. The van der Waals surface area contributed by atoms with Gasteiger partial charge in [0.2, 0.25) is 11.9 Å². The summed E-state index contributed by atoms with van der Waals surface area (Å²) in [5.74, 6) is -1.01. The van der Waals surface area contributed by atoms with Gasteiger partial charge in [-0.3, -0.25) is 4.79 Å². The molecule has 8 heteroatoms. The number of rotatable bonds is 4. The number of halogens is 2. The third kappa shape index (κ3) is 4.55. The topological polar surface area (TPSA) is 58.6 Å². The molecule has 0 spiro atoms. The van der Waals surface area contributed by atoms with Crippen molar-refractivity contribution < 1.29 is 18.3 Å². The standard InChI is InChI=1S/C17H24F2N4O2/c1-25-14-11-20-16(21-12-14)23-6-2-13(3-7-23)10-15(24)22-8-4-17(18,19)5-9-22/h11-13H,2-10H2,1H3. The molecule has 0 aliphatic carbocycles. The minimum absolute atomic E-state index is 0.00893. The van der Waals surface area contributed by atoms with Crippen molar-refractivity contribution in [2.24, 2.45) is 5.92 Å². The third-order valence-corrected chi connectivity index (χ3v) is 5.06. The van der Waals surface area contributed by atoms with Crippen LogP contribution in [0.4, 0.5) is 14.7 Å². The van der Waals surface area contributed by atoms with Gasteiger partial charge in [-0.05, 0) is 18.8 Å². The first-order valence-corrected chi connectivity index (χ1v) is 8.73. The molecule has 0 N–H and O–H groups in total. The molecule has 2 aliphatic heterocycles. The van der Waals surface area contributed by atoms with Gasteiger partial charge in [-0.1, -0.05) is 0 Å². The number of piperidine rings is 2. The molecule has 0 atom stereocenters. The van der Waals surface area contributed by atoms with Gasteiger partial charge in [0.15, 0.2) is 5.75 Å². The number of aromatic nitrogens is 2. The van der Waals surface area contributed by atoms with E-state index in [9.17, 15) is 13.6 Å². The summed E-state index contributed by atoms with van der Waals surface area (Å²) in [6.07, 6.45) is 5.06. The maximum atomic E-state index is 13.2. The van der Waals surface area contributed by atoms with E-state index in [1.54, 1.807) is 24.4 Å². The largest absolute Gasteiger partial charge is 0.494 e. The number of likely N-dealkylation sites (tertiary alicyclic amines) is 1. The molecule has 2 fully saturated rings. The Morgan fingerprint density at radius 1 is 1.20 bits per heavy atom. The zero-order chi connectivity index (χ0) is 17.9. The first-order valence-electron chi connectivity index (χ1n) is 8.73. The number of alkyl halides is 2. The van der Waals surface area contributed by atoms with E-state index in [1.807, 2.05) is 0 Å². The Labute approximate surface area is 146 Å². The van der Waals surface area contributed by atoms with E-state index in [4.69, 9.17) is 4.74 Å². The van der Waals surface area contributed by atoms with Gasteiger partial charge in [0, 0.05) is 45.4 Å². The van der Waals surface area contributed by atoms with Crippen LogP contribution in [0, 0.1) is 5.92 Å². The van der Waals surface area contributed by atoms with Crippen molar-refractivity contribution in [2.75, 3.05) is 38.2 Å². The number of carbonyl (C=O) groups is 1. The van der Waals surface area contributed by atoms with Gasteiger partial charge >= 0.3 is 0 Å². The lowest BCUT2D eigenvalue weighted by Gasteiger charge is -2.35. The zero-order valence-corrected chi connectivity index (χ0v) is 14.5. The second-order valence-electron chi connectivity index (χ2n) is 6.79. The number of carbonyl (C=O) groups excluding carboxylic acids is 1. The lowest BCUT2D eigenvalue weighted by molar-refractivity contribution is -0.138. The summed E-state index contributed by atoms with van der Waals surface area (Å²) in [5, 5.41) is 0. The zero-order valence-electron chi connectivity index (χ0n) is 14.5. The molecule has 0 radical (unpaired) electrons. The molecule has 2 saturated heterocycles. The number of hydrogen-bond acceptors (Lipinski definition) is 5. The molecule has 0 bridgehead atoms. The maximum Gasteiger partial charge on any atom is 0.251 e. The van der Waals surface area contributed by atoms with E-state index < -0.39 is 5.92 Å². The van der Waals surface area contributed by atoms with Gasteiger partial charge in [-0.15, -0.1) is 0 Å². The molecule has 0 unspecified atom stereocenters. The smallest absolute Gasteiger partial charge is 0.251 e. The predicted octanol–water partition coefficient (Wildman–Crippen LogP) is 2.35. The molecular formula is C17H24F2N4O2. The van der Waals surface area contributed by atoms with E-state index in [-0.39, 0.29) is 31.8 Å². The van der Waals surface area contributed by atoms with Crippen molar-refractivity contribution in [3.8, 4) is 5.75 Å². The predicted molar refractivity (Wildman–Crippen MR) is 88.9 cm³/mol. The van der Waals surface area contributed by atoms with Crippen molar-refractivity contribution >= 4 is 11.9 Å². The SMILES string of the molecule is COc1cnc(N2CCC(CC(=O)N3CCC(F)(F)CC3)CC2)nc1. The number of amides is 1. The highest BCUT2D eigenvalue weighted by atomic mass is 19.3. The number of anilines is 1. The van der Waals surface area contributed by atoms with Crippen LogP contribution < -0.4 is 9.64 Å². The van der Waals surface area contributed by atoms with Crippen LogP contribution in [0.25, 0.3) is 0 Å². The van der Waals surface area contributed by atoms with Crippen LogP contribution in [0.3, 0.4) is 0 Å². The molecule has 3 rings (SSSR count). The van der Waals surface area contributed by atoms with Gasteiger partial charge in [-0.25, -0.2) is 18.7 Å². The van der Waals surface area contributed by atoms with Crippen molar-refractivity contribution in [1.29, 1.82) is 0 Å². The van der Waals surface area contributed by atoms with Crippen LogP contribution in [-0.2, 0) is 4.79 Å². The maximum absolute atomic E-state index is 13.2. The van der Waals surface area contributed by atoms with Crippen LogP contribution in [-0.4, -0.2) is 60.0 Å². The van der Waals surface area contributed by atoms with Crippen molar-refractivity contribution in [3.63, 3.8) is 0 Å². The molecule has 138 valence electrons. The molecule has 25 heavy (non-hydrogen) atoms. The molecule has 0 aromatic carbocycles. The summed E-state index contributed by atoms with van der Waals surface area (Å²) in [6, 6.07) is 0. The number of hydrogen-bond donors (Lipinski definition) is 0. The van der Waals surface area contributed by atoms with Gasteiger partial charge in [0.25, 0.3) is 5.92 Å². The normalized spacial score (nSPS) is 21.2. The Hall–Kier alpha value is -1.99. The summed E-state index contributed by atoms with van der Waals surface area (Å²) in [6.45, 7) is 1.93. The van der Waals surface area contributed by atoms with Crippen LogP contribution in [0.15, 0.2) is 12.4 Å². The first-order chi connectivity index (χ1) is 12.0. The Balaban J connectivity index is 1.45. The molecule has 3 heterocycles. The number of ether oxygens (including phenoxy) is 1. The van der Waals surface area contributed by atoms with E-state index in [1.165, 1.54) is 0 Å². The van der Waals surface area contributed by atoms with Crippen molar-refractivity contribution in [3.05, 3.63) is 12.4 Å². The average Bonchev–Trinajstić information content (AvgIpc) is 2.62. The molecule has 1 aromatic rings. The van der Waals surface area contributed by atoms with Gasteiger partial charge < -0.3 is 14.5 Å². The molecule has 1 aromatic heterocycles. The molecular weight excluding hydrogens is 330 g/mol. The van der Waals surface area contributed by atoms with Crippen LogP contribution >= 0.6 is 0 Å². The molecule has 1 amide bonds. The Morgan fingerprint density at radius 2 is 1.80 bits per heavy atom. The Kier molecular flexibility index (Phi) is 5.34. The van der Waals surface area contributed by atoms with Crippen molar-refractivity contribution in [1.82, 2.24) is 14.9 Å². The van der Waals surface area contributed by atoms with Gasteiger partial charge in [-0.2, -0.15) is 0 Å². The fraction of sp³-hybridized carbons (Fsp3) is 0.706. The van der Waals surface area contributed by atoms with Gasteiger partial charge in [0.1, 0.15) is 0 Å². The van der Waals surface area contributed by atoms with Gasteiger partial charge in [0.05, 0.1) is 19.5 Å². The van der Waals surface area contributed by atoms with E-state index in [2.05, 4.69) is 14.9 Å². The van der Waals surface area contributed by atoms with E-state index >= 15 is 0 Å². The second kappa shape index (κ2) is 7.49. The highest BCUT2D eigenvalue weighted by molar-refractivity contribution is 5.76. The number of nitrogens with zero attached hydrogens (tertiary/aromatic N) is 4. The monoisotopic (exact) mass is 354 g/mol. The number of methoxy groups -OCH3 is 1. The fourth-order valence-corrected chi connectivity index (χ4v) is 3.37. The minimum Gasteiger partial charge on any atom is -0.494 e. The summed E-state index contributed by atoms with van der Waals surface area (Å²) < 4.78 is 31.4. The van der Waals surface area contributed by atoms with Crippen LogP contribution in [0.2, 0.25) is 0 Å². The highest BCUT2D eigenvalue weighted by Crippen LogP contribution is 2.29. The quantitative estimate of drug-likeness (QED) is 0.831. The van der Waals surface area contributed by atoms with Crippen LogP contribution in [0.1, 0.15) is 32.1 Å². The van der Waals surface area contributed by atoms with Crippen LogP contribution in [0.5, 0.6) is 5.75 Å². The Bertz CT molecular complexity index is 579. The Morgan fingerprint density at radius 3 is 2.36 bits per heavy atom. The average molecular weight is 354 g/mol. The molecule has 0 saturated carbocycles.